The van der Waals surface area contributed by atoms with Crippen LogP contribution >= 0.6 is 0 Å². The highest BCUT2D eigenvalue weighted by molar-refractivity contribution is 6.10. The molecule has 0 spiro atoms. The first-order valence-electron chi connectivity index (χ1n) is 9.50. The normalized spacial score (nSPS) is 15.4. The molecule has 0 saturated heterocycles. The molecule has 8 nitrogen and oxygen atoms in total. The number of methoxy groups -OCH3 is 1. The van der Waals surface area contributed by atoms with E-state index < -0.39 is 17.9 Å². The first kappa shape index (κ1) is 18.8. The maximum Gasteiger partial charge on any atom is 0.337 e. The van der Waals surface area contributed by atoms with Crippen molar-refractivity contribution in [1.29, 1.82) is 0 Å². The molecule has 0 saturated carbocycles. The van der Waals surface area contributed by atoms with Crippen LogP contribution in [0.15, 0.2) is 68.3 Å². The van der Waals surface area contributed by atoms with Crippen molar-refractivity contribution >= 4 is 28.7 Å². The summed E-state index contributed by atoms with van der Waals surface area (Å²) in [6.07, 6.45) is 0. The number of aromatic nitrogens is 1. The molecule has 5 rings (SSSR count). The Balaban J connectivity index is 1.75. The van der Waals surface area contributed by atoms with Crippen LogP contribution < -0.4 is 10.3 Å². The Morgan fingerprint density at radius 3 is 2.52 bits per heavy atom. The van der Waals surface area contributed by atoms with Gasteiger partial charge in [0, 0.05) is 6.07 Å². The van der Waals surface area contributed by atoms with Gasteiger partial charge in [0.05, 0.1) is 29.7 Å². The lowest BCUT2D eigenvalue weighted by Gasteiger charge is -2.22. The van der Waals surface area contributed by atoms with Gasteiger partial charge in [-0.15, -0.1) is 0 Å². The Hall–Kier alpha value is -4.20. The summed E-state index contributed by atoms with van der Waals surface area (Å²) in [7, 11) is 1.30. The van der Waals surface area contributed by atoms with Crippen LogP contribution in [0, 0.1) is 6.92 Å². The van der Waals surface area contributed by atoms with Gasteiger partial charge in [0.15, 0.2) is 11.2 Å². The number of hydrogen-bond acceptors (Lipinski definition) is 7. The molecule has 154 valence electrons. The van der Waals surface area contributed by atoms with E-state index in [0.29, 0.717) is 27.9 Å². The molecule has 0 aliphatic carbocycles. The molecule has 3 heterocycles. The first-order chi connectivity index (χ1) is 15.0. The molecule has 2 aromatic heterocycles. The van der Waals surface area contributed by atoms with Gasteiger partial charge < -0.3 is 13.7 Å². The third-order valence-electron chi connectivity index (χ3n) is 5.29. The summed E-state index contributed by atoms with van der Waals surface area (Å²) >= 11 is 0. The van der Waals surface area contributed by atoms with Gasteiger partial charge in [-0.2, -0.15) is 0 Å². The predicted octanol–water partition coefficient (Wildman–Crippen LogP) is 3.63. The molecule has 0 fully saturated rings. The number of esters is 1. The number of hydrogen-bond donors (Lipinski definition) is 0. The Labute approximate surface area is 175 Å². The summed E-state index contributed by atoms with van der Waals surface area (Å²) in [5.74, 6) is -0.231. The molecule has 0 radical (unpaired) electrons. The van der Waals surface area contributed by atoms with Gasteiger partial charge in [0.2, 0.25) is 5.76 Å². The van der Waals surface area contributed by atoms with Crippen LogP contribution in [-0.2, 0) is 4.74 Å². The SMILES string of the molecule is COC(=O)c1ccc([C@@H]2c3c(oc4ccccc4c3=O)C(=O)N2c2cc(C)on2)cc1. The van der Waals surface area contributed by atoms with Crippen LogP contribution in [0.5, 0.6) is 0 Å². The van der Waals surface area contributed by atoms with Crippen LogP contribution in [0.4, 0.5) is 5.82 Å². The second-order valence-corrected chi connectivity index (χ2v) is 7.16. The standard InChI is InChI=1S/C23H16N2O6/c1-12-11-17(24-31-12)25-19(13-7-9-14(10-8-13)23(28)29-2)18-20(26)15-5-3-4-6-16(15)30-21(18)22(25)27/h3-11,19H,1-2H3/t19-/m1/s1. The lowest BCUT2D eigenvalue weighted by Crippen LogP contribution is -2.29. The quantitative estimate of drug-likeness (QED) is 0.470. The van der Waals surface area contributed by atoms with E-state index in [4.69, 9.17) is 13.7 Å². The molecule has 1 aliphatic heterocycles. The summed E-state index contributed by atoms with van der Waals surface area (Å²) in [5.41, 5.74) is 1.22. The maximum atomic E-state index is 13.4. The minimum atomic E-state index is -0.792. The fraction of sp³-hybridized carbons (Fsp3) is 0.130. The van der Waals surface area contributed by atoms with E-state index in [1.807, 2.05) is 0 Å². The number of rotatable bonds is 3. The van der Waals surface area contributed by atoms with Gasteiger partial charge in [-0.3, -0.25) is 14.5 Å². The first-order valence-corrected chi connectivity index (χ1v) is 9.50. The van der Waals surface area contributed by atoms with Crippen LogP contribution in [-0.4, -0.2) is 24.1 Å². The van der Waals surface area contributed by atoms with E-state index in [2.05, 4.69) is 5.16 Å². The maximum absolute atomic E-state index is 13.4. The van der Waals surface area contributed by atoms with Crippen LogP contribution in [0.2, 0.25) is 0 Å². The van der Waals surface area contributed by atoms with Crippen molar-refractivity contribution in [3.8, 4) is 0 Å². The molecule has 4 aromatic rings. The molecule has 8 heteroatoms. The smallest absolute Gasteiger partial charge is 0.337 e. The number of para-hydroxylation sites is 1. The predicted molar refractivity (Wildman–Crippen MR) is 110 cm³/mol. The lowest BCUT2D eigenvalue weighted by molar-refractivity contribution is 0.0600. The summed E-state index contributed by atoms with van der Waals surface area (Å²) < 4.78 is 15.8. The van der Waals surface area contributed by atoms with Gasteiger partial charge in [0.1, 0.15) is 11.3 Å². The van der Waals surface area contributed by atoms with Crippen molar-refractivity contribution < 1.29 is 23.3 Å². The highest BCUT2D eigenvalue weighted by atomic mass is 16.5. The van der Waals surface area contributed by atoms with Gasteiger partial charge in [-0.1, -0.05) is 29.4 Å². The highest BCUT2D eigenvalue weighted by Gasteiger charge is 2.44. The largest absolute Gasteiger partial charge is 0.465 e. The van der Waals surface area contributed by atoms with E-state index >= 15 is 0 Å². The third-order valence-corrected chi connectivity index (χ3v) is 5.29. The minimum Gasteiger partial charge on any atom is -0.465 e. The second-order valence-electron chi connectivity index (χ2n) is 7.16. The molecule has 1 amide bonds. The molecule has 0 N–H and O–H groups in total. The monoisotopic (exact) mass is 416 g/mol. The van der Waals surface area contributed by atoms with E-state index in [0.717, 1.165) is 0 Å². The van der Waals surface area contributed by atoms with Crippen molar-refractivity contribution in [2.45, 2.75) is 13.0 Å². The van der Waals surface area contributed by atoms with E-state index in [1.165, 1.54) is 12.0 Å². The molecule has 31 heavy (non-hydrogen) atoms. The molecule has 1 aliphatic rings. The highest BCUT2D eigenvalue weighted by Crippen LogP contribution is 2.40. The summed E-state index contributed by atoms with van der Waals surface area (Å²) in [6, 6.07) is 14.1. The Kier molecular flexibility index (Phi) is 4.21. The molecule has 1 atom stereocenters. The second kappa shape index (κ2) is 6.94. The Morgan fingerprint density at radius 1 is 1.10 bits per heavy atom. The molecular weight excluding hydrogens is 400 g/mol. The summed E-state index contributed by atoms with van der Waals surface area (Å²) in [5, 5.41) is 4.36. The van der Waals surface area contributed by atoms with Crippen LogP contribution in [0.25, 0.3) is 11.0 Å². The average Bonchev–Trinajstić information content (AvgIpc) is 3.34. The molecular formula is C23H16N2O6. The fourth-order valence-electron chi connectivity index (χ4n) is 3.86. The van der Waals surface area contributed by atoms with Gasteiger partial charge in [-0.25, -0.2) is 4.79 Å². The Bertz CT molecular complexity index is 1400. The van der Waals surface area contributed by atoms with E-state index in [1.54, 1.807) is 61.5 Å². The number of amides is 1. The fourth-order valence-corrected chi connectivity index (χ4v) is 3.86. The van der Waals surface area contributed by atoms with Crippen molar-refractivity contribution in [3.05, 3.63) is 93.0 Å². The van der Waals surface area contributed by atoms with Crippen LogP contribution in [0.1, 0.15) is 43.8 Å². The minimum absolute atomic E-state index is 0.0357. The van der Waals surface area contributed by atoms with E-state index in [9.17, 15) is 14.4 Å². The van der Waals surface area contributed by atoms with Crippen molar-refractivity contribution in [1.82, 2.24) is 5.16 Å². The molecule has 0 bridgehead atoms. The van der Waals surface area contributed by atoms with Crippen LogP contribution in [0.3, 0.4) is 0 Å². The number of anilines is 1. The molecule has 2 aromatic carbocycles. The summed E-state index contributed by atoms with van der Waals surface area (Å²) in [4.78, 5) is 39.9. The zero-order chi connectivity index (χ0) is 21.7. The number of carbonyl (C=O) groups is 2. The number of fused-ring (bicyclic) bond motifs is 2. The average molecular weight is 416 g/mol. The number of ether oxygens (including phenoxy) is 1. The summed E-state index contributed by atoms with van der Waals surface area (Å²) in [6.45, 7) is 1.71. The number of nitrogens with zero attached hydrogens (tertiary/aromatic N) is 2. The molecule has 0 unspecified atom stereocenters. The topological polar surface area (TPSA) is 103 Å². The van der Waals surface area contributed by atoms with Crippen molar-refractivity contribution in [3.63, 3.8) is 0 Å². The van der Waals surface area contributed by atoms with Gasteiger partial charge in [-0.05, 0) is 36.8 Å². The number of aryl methyl sites for hydroxylation is 1. The zero-order valence-corrected chi connectivity index (χ0v) is 16.6. The Morgan fingerprint density at radius 2 is 1.84 bits per heavy atom. The third kappa shape index (κ3) is 2.83. The van der Waals surface area contributed by atoms with Crippen molar-refractivity contribution in [2.75, 3.05) is 12.0 Å². The van der Waals surface area contributed by atoms with Gasteiger partial charge >= 0.3 is 5.97 Å². The van der Waals surface area contributed by atoms with Crippen molar-refractivity contribution in [2.24, 2.45) is 0 Å². The zero-order valence-electron chi connectivity index (χ0n) is 16.6. The number of carbonyl (C=O) groups excluding carboxylic acids is 2. The van der Waals surface area contributed by atoms with E-state index in [-0.39, 0.29) is 22.6 Å². The number of benzene rings is 2. The lowest BCUT2D eigenvalue weighted by atomic mass is 9.97. The van der Waals surface area contributed by atoms with Gasteiger partial charge in [0.25, 0.3) is 5.91 Å².